The van der Waals surface area contributed by atoms with Gasteiger partial charge in [-0.15, -0.1) is 0 Å². The van der Waals surface area contributed by atoms with Gasteiger partial charge in [0.15, 0.2) is 0 Å². The summed E-state index contributed by atoms with van der Waals surface area (Å²) in [5.41, 5.74) is 1.21. The third kappa shape index (κ3) is 2.53. The van der Waals surface area contributed by atoms with E-state index in [1.165, 1.54) is 5.56 Å². The molecule has 0 aliphatic carbocycles. The van der Waals surface area contributed by atoms with Crippen molar-refractivity contribution in [3.8, 4) is 0 Å². The number of hydrogen-bond donors (Lipinski definition) is 1. The Bertz CT molecular complexity index is 364. The molecule has 1 aromatic rings. The molecule has 0 saturated carbocycles. The molecule has 2 heterocycles. The van der Waals surface area contributed by atoms with Gasteiger partial charge >= 0.3 is 0 Å². The first-order valence-electron chi connectivity index (χ1n) is 6.36. The average Bonchev–Trinajstić information content (AvgIpc) is 2.94. The van der Waals surface area contributed by atoms with E-state index >= 15 is 0 Å². The molecule has 1 amide bonds. The van der Waals surface area contributed by atoms with Crippen molar-refractivity contribution < 1.29 is 4.79 Å². The van der Waals surface area contributed by atoms with Crippen LogP contribution in [0.3, 0.4) is 0 Å². The molecule has 0 radical (unpaired) electrons. The quantitative estimate of drug-likeness (QED) is 0.874. The normalized spacial score (nSPS) is 24.6. The monoisotopic (exact) mass is 252 g/mol. The molecule has 94 valence electrons. The summed E-state index contributed by atoms with van der Waals surface area (Å²) in [7, 11) is 0. The van der Waals surface area contributed by atoms with Crippen molar-refractivity contribution in [3.05, 3.63) is 22.4 Å². The Morgan fingerprint density at radius 1 is 1.47 bits per heavy atom. The molecule has 1 N–H and O–H groups in total. The maximum absolute atomic E-state index is 12.2. The predicted molar refractivity (Wildman–Crippen MR) is 70.9 cm³/mol. The van der Waals surface area contributed by atoms with Gasteiger partial charge in [0.1, 0.15) is 6.17 Å². The molecule has 4 heteroatoms. The van der Waals surface area contributed by atoms with Crippen LogP contribution in [0.25, 0.3) is 0 Å². The summed E-state index contributed by atoms with van der Waals surface area (Å²) in [4.78, 5) is 14.2. The lowest BCUT2D eigenvalue weighted by atomic mass is 10.1. The lowest BCUT2D eigenvalue weighted by Crippen LogP contribution is -2.30. The van der Waals surface area contributed by atoms with Crippen LogP contribution in [0, 0.1) is 0 Å². The standard InChI is InChI=1S/C13H20N2OS/c1-3-5-6-11-13(16)15(4-2)12(14-11)10-7-8-17-9-10/h7-9,11-12,14H,3-6H2,1-2H3. The number of nitrogens with zero attached hydrogens (tertiary/aromatic N) is 1. The van der Waals surface area contributed by atoms with Gasteiger partial charge in [0.05, 0.1) is 6.04 Å². The molecule has 17 heavy (non-hydrogen) atoms. The fourth-order valence-corrected chi connectivity index (χ4v) is 3.02. The van der Waals surface area contributed by atoms with Gasteiger partial charge in [-0.2, -0.15) is 11.3 Å². The third-order valence-corrected chi connectivity index (χ3v) is 4.00. The molecule has 0 aromatic carbocycles. The second-order valence-electron chi connectivity index (χ2n) is 4.44. The van der Waals surface area contributed by atoms with Gasteiger partial charge < -0.3 is 4.90 Å². The number of thiophene rings is 1. The Hall–Kier alpha value is -0.870. The Morgan fingerprint density at radius 2 is 2.29 bits per heavy atom. The molecule has 2 unspecified atom stereocenters. The van der Waals surface area contributed by atoms with Crippen molar-refractivity contribution >= 4 is 17.2 Å². The van der Waals surface area contributed by atoms with Crippen LogP contribution in [-0.2, 0) is 4.79 Å². The smallest absolute Gasteiger partial charge is 0.241 e. The van der Waals surface area contributed by atoms with Crippen molar-refractivity contribution in [2.75, 3.05) is 6.54 Å². The molecule has 0 spiro atoms. The van der Waals surface area contributed by atoms with Gasteiger partial charge in [0.25, 0.3) is 0 Å². The minimum atomic E-state index is 0.0137. The van der Waals surface area contributed by atoms with E-state index in [-0.39, 0.29) is 18.1 Å². The summed E-state index contributed by atoms with van der Waals surface area (Å²) in [6.45, 7) is 4.98. The van der Waals surface area contributed by atoms with Gasteiger partial charge in [0.2, 0.25) is 5.91 Å². The van der Waals surface area contributed by atoms with Gasteiger partial charge in [0, 0.05) is 6.54 Å². The molecule has 3 nitrogen and oxygen atoms in total. The van der Waals surface area contributed by atoms with E-state index in [0.717, 1.165) is 25.8 Å². The Labute approximate surface area is 107 Å². The van der Waals surface area contributed by atoms with Gasteiger partial charge in [-0.25, -0.2) is 0 Å². The molecule has 0 bridgehead atoms. The zero-order valence-corrected chi connectivity index (χ0v) is 11.3. The second-order valence-corrected chi connectivity index (χ2v) is 5.22. The fourth-order valence-electron chi connectivity index (χ4n) is 2.34. The first kappa shape index (κ1) is 12.6. The number of carbonyl (C=O) groups excluding carboxylic acids is 1. The van der Waals surface area contributed by atoms with Crippen LogP contribution >= 0.6 is 11.3 Å². The molecule has 1 fully saturated rings. The molecular formula is C13H20N2OS. The van der Waals surface area contributed by atoms with E-state index in [1.54, 1.807) is 11.3 Å². The van der Waals surface area contributed by atoms with Crippen LogP contribution < -0.4 is 5.32 Å². The van der Waals surface area contributed by atoms with Crippen LogP contribution in [0.1, 0.15) is 44.8 Å². The number of likely N-dealkylation sites (N-methyl/N-ethyl adjacent to an activating group) is 1. The largest absolute Gasteiger partial charge is 0.322 e. The van der Waals surface area contributed by atoms with E-state index in [0.29, 0.717) is 0 Å². The summed E-state index contributed by atoms with van der Waals surface area (Å²) < 4.78 is 0. The Balaban J connectivity index is 2.10. The van der Waals surface area contributed by atoms with Crippen molar-refractivity contribution in [1.29, 1.82) is 0 Å². The average molecular weight is 252 g/mol. The highest BCUT2D eigenvalue weighted by Gasteiger charge is 2.38. The first-order chi connectivity index (χ1) is 8.27. The predicted octanol–water partition coefficient (Wildman–Crippen LogP) is 2.76. The highest BCUT2D eigenvalue weighted by molar-refractivity contribution is 7.07. The fraction of sp³-hybridized carbons (Fsp3) is 0.615. The third-order valence-electron chi connectivity index (χ3n) is 3.30. The van der Waals surface area contributed by atoms with Crippen LogP contribution in [0.4, 0.5) is 0 Å². The molecule has 2 atom stereocenters. The van der Waals surface area contributed by atoms with Gasteiger partial charge in [-0.05, 0) is 35.7 Å². The number of nitrogens with one attached hydrogen (secondary N) is 1. The van der Waals surface area contributed by atoms with Crippen LogP contribution in [-0.4, -0.2) is 23.4 Å². The van der Waals surface area contributed by atoms with Crippen LogP contribution in [0.2, 0.25) is 0 Å². The topological polar surface area (TPSA) is 32.3 Å². The molecule has 1 saturated heterocycles. The number of rotatable bonds is 5. The Morgan fingerprint density at radius 3 is 2.88 bits per heavy atom. The van der Waals surface area contributed by atoms with E-state index < -0.39 is 0 Å². The van der Waals surface area contributed by atoms with E-state index in [2.05, 4.69) is 29.1 Å². The number of carbonyl (C=O) groups is 1. The van der Waals surface area contributed by atoms with Gasteiger partial charge in [-0.3, -0.25) is 10.1 Å². The van der Waals surface area contributed by atoms with Crippen molar-refractivity contribution in [2.45, 2.75) is 45.3 Å². The highest BCUT2D eigenvalue weighted by Crippen LogP contribution is 2.28. The summed E-state index contributed by atoms with van der Waals surface area (Å²) in [5, 5.41) is 7.65. The van der Waals surface area contributed by atoms with Crippen LogP contribution in [0.5, 0.6) is 0 Å². The van der Waals surface area contributed by atoms with E-state index in [4.69, 9.17) is 0 Å². The maximum Gasteiger partial charge on any atom is 0.241 e. The summed E-state index contributed by atoms with van der Waals surface area (Å²) in [6.07, 6.45) is 3.28. The van der Waals surface area contributed by atoms with E-state index in [1.807, 2.05) is 11.8 Å². The number of amides is 1. The zero-order chi connectivity index (χ0) is 12.3. The van der Waals surface area contributed by atoms with E-state index in [9.17, 15) is 4.79 Å². The molecule has 1 aromatic heterocycles. The van der Waals surface area contributed by atoms with Crippen molar-refractivity contribution in [2.24, 2.45) is 0 Å². The van der Waals surface area contributed by atoms with Gasteiger partial charge in [-0.1, -0.05) is 19.8 Å². The number of unbranched alkanes of at least 4 members (excludes halogenated alkanes) is 1. The second kappa shape index (κ2) is 5.65. The first-order valence-corrected chi connectivity index (χ1v) is 7.30. The number of hydrogen-bond acceptors (Lipinski definition) is 3. The summed E-state index contributed by atoms with van der Waals surface area (Å²) in [6, 6.07) is 2.11. The molecule has 1 aliphatic rings. The molecular weight excluding hydrogens is 232 g/mol. The Kier molecular flexibility index (Phi) is 4.18. The lowest BCUT2D eigenvalue weighted by molar-refractivity contribution is -0.130. The molecule has 1 aliphatic heterocycles. The maximum atomic E-state index is 12.2. The van der Waals surface area contributed by atoms with Crippen LogP contribution in [0.15, 0.2) is 16.8 Å². The minimum Gasteiger partial charge on any atom is -0.322 e. The molecule has 2 rings (SSSR count). The SMILES string of the molecule is CCCCC1NC(c2ccsc2)N(CC)C1=O. The lowest BCUT2D eigenvalue weighted by Gasteiger charge is -2.21. The van der Waals surface area contributed by atoms with Crippen molar-refractivity contribution in [1.82, 2.24) is 10.2 Å². The minimum absolute atomic E-state index is 0.0137. The summed E-state index contributed by atoms with van der Waals surface area (Å²) >= 11 is 1.68. The summed E-state index contributed by atoms with van der Waals surface area (Å²) in [5.74, 6) is 0.261. The van der Waals surface area contributed by atoms with Crippen molar-refractivity contribution in [3.63, 3.8) is 0 Å². The highest BCUT2D eigenvalue weighted by atomic mass is 32.1. The zero-order valence-electron chi connectivity index (χ0n) is 10.5.